The Hall–Kier alpha value is -0.650. The highest BCUT2D eigenvalue weighted by molar-refractivity contribution is 4.92. The summed E-state index contributed by atoms with van der Waals surface area (Å²) in [6.07, 6.45) is 1.74. The first-order valence-electron chi connectivity index (χ1n) is 3.80. The largest absolute Gasteiger partial charge is 0.249 e. The lowest BCUT2D eigenvalue weighted by molar-refractivity contribution is -0.0465. The van der Waals surface area contributed by atoms with Gasteiger partial charge in [0.1, 0.15) is 0 Å². The Morgan fingerprint density at radius 2 is 2.18 bits per heavy atom. The number of nitriles is 1. The monoisotopic (exact) mass is 159 g/mol. The van der Waals surface area contributed by atoms with Gasteiger partial charge in [0, 0.05) is 12.3 Å². The lowest BCUT2D eigenvalue weighted by atomic mass is 9.94. The van der Waals surface area contributed by atoms with Crippen LogP contribution in [-0.4, -0.2) is 5.92 Å². The summed E-state index contributed by atoms with van der Waals surface area (Å²) >= 11 is 0. The zero-order chi connectivity index (χ0) is 8.48. The van der Waals surface area contributed by atoms with Gasteiger partial charge in [-0.05, 0) is 25.7 Å². The van der Waals surface area contributed by atoms with Gasteiger partial charge in [-0.25, -0.2) is 8.78 Å². The van der Waals surface area contributed by atoms with Crippen LogP contribution in [0.3, 0.4) is 0 Å². The first kappa shape index (κ1) is 8.45. The number of hydrogen-bond donors (Lipinski definition) is 0. The highest BCUT2D eigenvalue weighted by Gasteiger charge is 2.44. The van der Waals surface area contributed by atoms with Gasteiger partial charge in [-0.1, -0.05) is 0 Å². The van der Waals surface area contributed by atoms with E-state index in [4.69, 9.17) is 5.26 Å². The van der Waals surface area contributed by atoms with Gasteiger partial charge in [0.25, 0.3) is 0 Å². The molecule has 1 rings (SSSR count). The van der Waals surface area contributed by atoms with E-state index in [1.54, 1.807) is 0 Å². The normalized spacial score (nSPS) is 20.9. The molecule has 0 saturated heterocycles. The van der Waals surface area contributed by atoms with Gasteiger partial charge in [-0.15, -0.1) is 0 Å². The first-order valence-corrected chi connectivity index (χ1v) is 3.80. The number of hydrogen-bond acceptors (Lipinski definition) is 1. The summed E-state index contributed by atoms with van der Waals surface area (Å²) in [7, 11) is 0. The van der Waals surface area contributed by atoms with Crippen molar-refractivity contribution in [2.24, 2.45) is 11.8 Å². The Morgan fingerprint density at radius 3 is 2.45 bits per heavy atom. The van der Waals surface area contributed by atoms with E-state index in [9.17, 15) is 8.78 Å². The van der Waals surface area contributed by atoms with Crippen LogP contribution in [0.1, 0.15) is 26.2 Å². The molecule has 11 heavy (non-hydrogen) atoms. The molecule has 1 atom stereocenters. The second kappa shape index (κ2) is 2.77. The fraction of sp³-hybridized carbons (Fsp3) is 0.875. The fourth-order valence-corrected chi connectivity index (χ4v) is 1.36. The zero-order valence-corrected chi connectivity index (χ0v) is 6.48. The van der Waals surface area contributed by atoms with E-state index in [-0.39, 0.29) is 12.3 Å². The smallest absolute Gasteiger partial charge is 0.207 e. The summed E-state index contributed by atoms with van der Waals surface area (Å²) in [4.78, 5) is 0. The quantitative estimate of drug-likeness (QED) is 0.620. The van der Waals surface area contributed by atoms with Crippen molar-refractivity contribution in [1.29, 1.82) is 5.26 Å². The van der Waals surface area contributed by atoms with E-state index in [2.05, 4.69) is 0 Å². The van der Waals surface area contributed by atoms with Crippen LogP contribution in [0.25, 0.3) is 0 Å². The van der Waals surface area contributed by atoms with E-state index in [0.717, 1.165) is 19.8 Å². The summed E-state index contributed by atoms with van der Waals surface area (Å²) in [5.41, 5.74) is 0. The highest BCUT2D eigenvalue weighted by atomic mass is 19.3. The topological polar surface area (TPSA) is 23.8 Å². The molecular formula is C8H11F2N. The molecule has 1 aliphatic carbocycles. The standard InChI is InChI=1S/C8H11F2N/c1-8(9,10)7(4-5-11)6-2-3-6/h6-7H,2-4H2,1H3. The van der Waals surface area contributed by atoms with E-state index in [1.165, 1.54) is 0 Å². The van der Waals surface area contributed by atoms with Crippen LogP contribution < -0.4 is 0 Å². The molecule has 0 amide bonds. The molecular weight excluding hydrogens is 148 g/mol. The summed E-state index contributed by atoms with van der Waals surface area (Å²) < 4.78 is 25.4. The van der Waals surface area contributed by atoms with Gasteiger partial charge < -0.3 is 0 Å². The Bertz CT molecular complexity index is 174. The van der Waals surface area contributed by atoms with Crippen LogP contribution in [0.5, 0.6) is 0 Å². The van der Waals surface area contributed by atoms with Gasteiger partial charge in [0.2, 0.25) is 5.92 Å². The molecule has 0 radical (unpaired) electrons. The summed E-state index contributed by atoms with van der Waals surface area (Å²) in [5, 5.41) is 8.29. The van der Waals surface area contributed by atoms with Crippen molar-refractivity contribution in [2.45, 2.75) is 32.1 Å². The lowest BCUT2D eigenvalue weighted by Gasteiger charge is -2.20. The van der Waals surface area contributed by atoms with Crippen molar-refractivity contribution in [3.63, 3.8) is 0 Å². The average molecular weight is 159 g/mol. The molecule has 0 bridgehead atoms. The van der Waals surface area contributed by atoms with E-state index in [0.29, 0.717) is 0 Å². The van der Waals surface area contributed by atoms with Crippen LogP contribution in [0, 0.1) is 23.2 Å². The van der Waals surface area contributed by atoms with Crippen molar-refractivity contribution in [2.75, 3.05) is 0 Å². The molecule has 0 aromatic heterocycles. The van der Waals surface area contributed by atoms with Crippen LogP contribution >= 0.6 is 0 Å². The number of halogens is 2. The Balaban J connectivity index is 2.53. The molecule has 1 fully saturated rings. The molecule has 3 heteroatoms. The number of nitrogens with zero attached hydrogens (tertiary/aromatic N) is 1. The fourth-order valence-electron chi connectivity index (χ4n) is 1.36. The van der Waals surface area contributed by atoms with E-state index >= 15 is 0 Å². The minimum absolute atomic E-state index is 0.00579. The Morgan fingerprint density at radius 1 is 1.64 bits per heavy atom. The summed E-state index contributed by atoms with van der Waals surface area (Å²) in [6, 6.07) is 1.82. The van der Waals surface area contributed by atoms with Crippen molar-refractivity contribution in [1.82, 2.24) is 0 Å². The van der Waals surface area contributed by atoms with Gasteiger partial charge in [-0.3, -0.25) is 0 Å². The number of alkyl halides is 2. The van der Waals surface area contributed by atoms with Gasteiger partial charge in [0.15, 0.2) is 0 Å². The molecule has 0 aromatic carbocycles. The molecule has 0 spiro atoms. The van der Waals surface area contributed by atoms with Crippen LogP contribution in [0.2, 0.25) is 0 Å². The van der Waals surface area contributed by atoms with Crippen LogP contribution in [0.4, 0.5) is 8.78 Å². The maximum atomic E-state index is 12.7. The maximum Gasteiger partial charge on any atom is 0.249 e. The minimum atomic E-state index is -2.67. The predicted molar refractivity (Wildman–Crippen MR) is 37.1 cm³/mol. The second-order valence-electron chi connectivity index (χ2n) is 3.26. The molecule has 0 aliphatic heterocycles. The maximum absolute atomic E-state index is 12.7. The molecule has 1 saturated carbocycles. The van der Waals surface area contributed by atoms with Gasteiger partial charge >= 0.3 is 0 Å². The Kier molecular flexibility index (Phi) is 2.12. The van der Waals surface area contributed by atoms with Crippen molar-refractivity contribution in [3.8, 4) is 6.07 Å². The molecule has 1 unspecified atom stereocenters. The third-order valence-corrected chi connectivity index (χ3v) is 2.15. The Labute approximate surface area is 65.0 Å². The lowest BCUT2D eigenvalue weighted by Crippen LogP contribution is -2.25. The third-order valence-electron chi connectivity index (χ3n) is 2.15. The minimum Gasteiger partial charge on any atom is -0.207 e. The predicted octanol–water partition coefficient (Wildman–Crippen LogP) is 2.58. The van der Waals surface area contributed by atoms with Crippen LogP contribution in [0.15, 0.2) is 0 Å². The molecule has 0 heterocycles. The first-order chi connectivity index (χ1) is 5.05. The highest BCUT2D eigenvalue weighted by Crippen LogP contribution is 2.45. The molecule has 0 aromatic rings. The van der Waals surface area contributed by atoms with Crippen molar-refractivity contribution >= 4 is 0 Å². The average Bonchev–Trinajstić information content (AvgIpc) is 2.61. The van der Waals surface area contributed by atoms with Crippen LogP contribution in [-0.2, 0) is 0 Å². The zero-order valence-electron chi connectivity index (χ0n) is 6.48. The van der Waals surface area contributed by atoms with E-state index in [1.807, 2.05) is 6.07 Å². The van der Waals surface area contributed by atoms with Gasteiger partial charge in [0.05, 0.1) is 6.07 Å². The molecule has 62 valence electrons. The summed E-state index contributed by atoms with van der Waals surface area (Å²) in [5.74, 6) is -3.26. The third kappa shape index (κ3) is 2.14. The second-order valence-corrected chi connectivity index (χ2v) is 3.26. The van der Waals surface area contributed by atoms with Crippen molar-refractivity contribution in [3.05, 3.63) is 0 Å². The van der Waals surface area contributed by atoms with Crippen molar-refractivity contribution < 1.29 is 8.78 Å². The molecule has 1 aliphatic rings. The van der Waals surface area contributed by atoms with E-state index < -0.39 is 11.8 Å². The number of rotatable bonds is 3. The van der Waals surface area contributed by atoms with Gasteiger partial charge in [-0.2, -0.15) is 5.26 Å². The summed E-state index contributed by atoms with van der Waals surface area (Å²) in [6.45, 7) is 0.910. The molecule has 0 N–H and O–H groups in total. The SMILES string of the molecule is CC(F)(F)C(CC#N)C1CC1. The molecule has 1 nitrogen and oxygen atoms in total.